The van der Waals surface area contributed by atoms with Crippen molar-refractivity contribution in [2.45, 2.75) is 0 Å². The van der Waals surface area contributed by atoms with Crippen LogP contribution in [0.15, 0.2) is 36.5 Å². The Morgan fingerprint density at radius 3 is 2.11 bits per heavy atom. The molecule has 2 aliphatic heterocycles. The number of anilines is 1. The quantitative estimate of drug-likeness (QED) is 0.800. The molecule has 0 radical (unpaired) electrons. The van der Waals surface area contributed by atoms with Crippen LogP contribution in [0.25, 0.3) is 11.4 Å². The normalized spacial score (nSPS) is 19.1. The van der Waals surface area contributed by atoms with Crippen LogP contribution in [0.4, 0.5) is 5.82 Å². The number of carbonyl (C=O) groups excluding carboxylic acids is 1. The maximum atomic E-state index is 13.3. The summed E-state index contributed by atoms with van der Waals surface area (Å²) in [6, 6.07) is 9.96. The van der Waals surface area contributed by atoms with Crippen molar-refractivity contribution in [3.63, 3.8) is 0 Å². The van der Waals surface area contributed by atoms with Gasteiger partial charge in [-0.3, -0.25) is 4.79 Å². The Kier molecular flexibility index (Phi) is 5.54. The van der Waals surface area contributed by atoms with Crippen LogP contribution in [0.5, 0.6) is 0 Å². The van der Waals surface area contributed by atoms with Crippen LogP contribution in [-0.4, -0.2) is 97.0 Å². The predicted molar refractivity (Wildman–Crippen MR) is 111 cm³/mol. The average Bonchev–Trinajstić information content (AvgIpc) is 2.74. The maximum absolute atomic E-state index is 13.3. The molecule has 0 unspecified atom stereocenters. The number of hydrogen-bond donors (Lipinski definition) is 0. The summed E-state index contributed by atoms with van der Waals surface area (Å²) in [5, 5.41) is 0. The number of aromatic nitrogens is 2. The summed E-state index contributed by atoms with van der Waals surface area (Å²) in [6.45, 7) is 6.96. The van der Waals surface area contributed by atoms with Crippen molar-refractivity contribution in [1.29, 1.82) is 0 Å². The summed E-state index contributed by atoms with van der Waals surface area (Å²) in [6.07, 6.45) is 1.73. The van der Waals surface area contributed by atoms with Crippen molar-refractivity contribution in [1.82, 2.24) is 24.7 Å². The molecule has 4 rings (SSSR count). The summed E-state index contributed by atoms with van der Waals surface area (Å²) < 4.78 is 0. The van der Waals surface area contributed by atoms with Gasteiger partial charge in [-0.2, -0.15) is 0 Å². The number of nitrogens with zero attached hydrogens (tertiary/aromatic N) is 6. The fourth-order valence-electron chi connectivity index (χ4n) is 3.69. The number of likely N-dealkylation sites (N-methyl/N-ethyl adjacent to an activating group) is 2. The van der Waals surface area contributed by atoms with Crippen LogP contribution in [0, 0.1) is 0 Å². The number of benzene rings is 1. The molecule has 7 heteroatoms. The van der Waals surface area contributed by atoms with E-state index in [1.165, 1.54) is 0 Å². The highest BCUT2D eigenvalue weighted by Crippen LogP contribution is 2.25. The molecule has 2 aliphatic rings. The molecular formula is C21H28N6O. The van der Waals surface area contributed by atoms with Crippen LogP contribution in [-0.2, 0) is 0 Å². The van der Waals surface area contributed by atoms with E-state index in [1.807, 2.05) is 35.2 Å². The molecule has 148 valence electrons. The van der Waals surface area contributed by atoms with E-state index in [0.29, 0.717) is 11.4 Å². The van der Waals surface area contributed by atoms with E-state index < -0.39 is 0 Å². The van der Waals surface area contributed by atoms with E-state index >= 15 is 0 Å². The minimum absolute atomic E-state index is 0.0432. The number of amides is 1. The molecule has 1 aromatic heterocycles. The van der Waals surface area contributed by atoms with Gasteiger partial charge in [0.15, 0.2) is 5.82 Å². The maximum Gasteiger partial charge on any atom is 0.259 e. The third-order valence-corrected chi connectivity index (χ3v) is 5.62. The van der Waals surface area contributed by atoms with E-state index in [2.05, 4.69) is 33.8 Å². The average molecular weight is 380 g/mol. The minimum Gasteiger partial charge on any atom is -0.353 e. The van der Waals surface area contributed by atoms with Gasteiger partial charge in [0.05, 0.1) is 0 Å². The lowest BCUT2D eigenvalue weighted by molar-refractivity contribution is 0.0664. The predicted octanol–water partition coefficient (Wildman–Crippen LogP) is 1.28. The highest BCUT2D eigenvalue weighted by atomic mass is 16.2. The molecule has 7 nitrogen and oxygen atoms in total. The van der Waals surface area contributed by atoms with Crippen molar-refractivity contribution in [2.24, 2.45) is 0 Å². The summed E-state index contributed by atoms with van der Waals surface area (Å²) in [5.74, 6) is 1.48. The first-order valence-electron chi connectivity index (χ1n) is 9.95. The second-order valence-corrected chi connectivity index (χ2v) is 7.68. The third-order valence-electron chi connectivity index (χ3n) is 5.62. The lowest BCUT2D eigenvalue weighted by Gasteiger charge is -2.36. The number of rotatable bonds is 3. The van der Waals surface area contributed by atoms with Crippen molar-refractivity contribution >= 4 is 11.7 Å². The van der Waals surface area contributed by atoms with Gasteiger partial charge in [-0.25, -0.2) is 9.97 Å². The molecule has 0 N–H and O–H groups in total. The van der Waals surface area contributed by atoms with Gasteiger partial charge in [-0.05, 0) is 14.1 Å². The second kappa shape index (κ2) is 8.24. The fourth-order valence-corrected chi connectivity index (χ4v) is 3.69. The Morgan fingerprint density at radius 1 is 0.857 bits per heavy atom. The third kappa shape index (κ3) is 4.00. The topological polar surface area (TPSA) is 55.8 Å². The first kappa shape index (κ1) is 18.8. The van der Waals surface area contributed by atoms with Crippen molar-refractivity contribution in [3.05, 3.63) is 42.1 Å². The second-order valence-electron chi connectivity index (χ2n) is 7.68. The van der Waals surface area contributed by atoms with E-state index in [0.717, 1.165) is 63.7 Å². The highest BCUT2D eigenvalue weighted by molar-refractivity contribution is 5.99. The lowest BCUT2D eigenvalue weighted by atomic mass is 10.1. The number of hydrogen-bond acceptors (Lipinski definition) is 6. The van der Waals surface area contributed by atoms with E-state index in [9.17, 15) is 4.79 Å². The van der Waals surface area contributed by atoms with Crippen molar-refractivity contribution in [2.75, 3.05) is 71.4 Å². The number of piperazine rings is 2. The summed E-state index contributed by atoms with van der Waals surface area (Å²) in [4.78, 5) is 31.4. The molecule has 1 aromatic carbocycles. The smallest absolute Gasteiger partial charge is 0.259 e. The van der Waals surface area contributed by atoms with Gasteiger partial charge in [-0.15, -0.1) is 0 Å². The van der Waals surface area contributed by atoms with Crippen LogP contribution in [0.3, 0.4) is 0 Å². The van der Waals surface area contributed by atoms with Gasteiger partial charge in [0.2, 0.25) is 0 Å². The van der Waals surface area contributed by atoms with Gasteiger partial charge < -0.3 is 19.6 Å². The molecule has 1 amide bonds. The van der Waals surface area contributed by atoms with Crippen LogP contribution in [0.1, 0.15) is 10.4 Å². The molecule has 28 heavy (non-hydrogen) atoms. The monoisotopic (exact) mass is 380 g/mol. The zero-order valence-electron chi connectivity index (χ0n) is 16.7. The molecule has 0 bridgehead atoms. The summed E-state index contributed by atoms with van der Waals surface area (Å²) in [7, 11) is 4.22. The van der Waals surface area contributed by atoms with E-state index in [1.54, 1.807) is 6.20 Å². The lowest BCUT2D eigenvalue weighted by Crippen LogP contribution is -2.48. The Hall–Kier alpha value is -2.51. The van der Waals surface area contributed by atoms with Crippen LogP contribution < -0.4 is 4.90 Å². The first-order valence-corrected chi connectivity index (χ1v) is 9.95. The van der Waals surface area contributed by atoms with Gasteiger partial charge in [-0.1, -0.05) is 30.3 Å². The Labute approximate surface area is 166 Å². The Bertz CT molecular complexity index is 811. The summed E-state index contributed by atoms with van der Waals surface area (Å²) in [5.41, 5.74) is 1.59. The van der Waals surface area contributed by atoms with Crippen molar-refractivity contribution < 1.29 is 4.79 Å². The Morgan fingerprint density at radius 2 is 1.46 bits per heavy atom. The van der Waals surface area contributed by atoms with Gasteiger partial charge >= 0.3 is 0 Å². The molecule has 0 saturated carbocycles. The van der Waals surface area contributed by atoms with Gasteiger partial charge in [0.25, 0.3) is 5.91 Å². The highest BCUT2D eigenvalue weighted by Gasteiger charge is 2.27. The molecule has 3 heterocycles. The SMILES string of the molecule is CN1CCN(C(=O)c2cnc(-c3ccccc3)nc2N2CCN(C)CC2)CC1. The molecule has 0 atom stereocenters. The fraction of sp³-hybridized carbons (Fsp3) is 0.476. The van der Waals surface area contributed by atoms with E-state index in [4.69, 9.17) is 4.98 Å². The largest absolute Gasteiger partial charge is 0.353 e. The summed E-state index contributed by atoms with van der Waals surface area (Å²) >= 11 is 0. The Balaban J connectivity index is 1.67. The zero-order valence-corrected chi connectivity index (χ0v) is 16.7. The van der Waals surface area contributed by atoms with Crippen LogP contribution in [0.2, 0.25) is 0 Å². The van der Waals surface area contributed by atoms with Crippen molar-refractivity contribution in [3.8, 4) is 11.4 Å². The van der Waals surface area contributed by atoms with Gasteiger partial charge in [0.1, 0.15) is 11.4 Å². The first-order chi connectivity index (χ1) is 13.6. The zero-order chi connectivity index (χ0) is 19.5. The standard InChI is InChI=1S/C21H28N6O/c1-24-8-12-26(13-9-24)20-18(21(28)27-14-10-25(2)11-15-27)16-22-19(23-20)17-6-4-3-5-7-17/h3-7,16H,8-15H2,1-2H3. The van der Waals surface area contributed by atoms with E-state index in [-0.39, 0.29) is 5.91 Å². The molecule has 2 aromatic rings. The molecule has 2 saturated heterocycles. The molecular weight excluding hydrogens is 352 g/mol. The van der Waals surface area contributed by atoms with Gasteiger partial charge in [0, 0.05) is 64.1 Å². The molecule has 0 spiro atoms. The molecule has 2 fully saturated rings. The van der Waals surface area contributed by atoms with Crippen LogP contribution >= 0.6 is 0 Å². The minimum atomic E-state index is 0.0432. The molecule has 0 aliphatic carbocycles. The number of carbonyl (C=O) groups is 1.